The molecular weight excluding hydrogens is 170 g/mol. The summed E-state index contributed by atoms with van der Waals surface area (Å²) in [5.74, 6) is -0.247. The molecule has 0 fully saturated rings. The highest BCUT2D eigenvalue weighted by molar-refractivity contribution is 5.80. The minimum atomic E-state index is -0.971. The smallest absolute Gasteiger partial charge is 0.328 e. The first-order valence-electron chi connectivity index (χ1n) is 3.69. The van der Waals surface area contributed by atoms with Crippen molar-refractivity contribution in [3.8, 4) is 0 Å². The summed E-state index contributed by atoms with van der Waals surface area (Å²) in [5, 5.41) is 11.9. The first-order chi connectivity index (χ1) is 6.18. The van der Waals surface area contributed by atoms with Gasteiger partial charge in [-0.3, -0.25) is 0 Å². The van der Waals surface area contributed by atoms with Crippen molar-refractivity contribution in [1.82, 2.24) is 5.16 Å². The van der Waals surface area contributed by atoms with Crippen LogP contribution in [-0.2, 0) is 4.79 Å². The standard InChI is InChI=1S/C9H9NO3/c1-7-6-8(10-13-7)4-2-3-5-9(11)12/h2-6H,1H3,(H,11,12). The third-order valence-electron chi connectivity index (χ3n) is 1.26. The van der Waals surface area contributed by atoms with Crippen LogP contribution in [0.25, 0.3) is 6.08 Å². The molecule has 4 heteroatoms. The minimum absolute atomic E-state index is 0.674. The van der Waals surface area contributed by atoms with Gasteiger partial charge in [-0.25, -0.2) is 4.79 Å². The summed E-state index contributed by atoms with van der Waals surface area (Å²) in [4.78, 5) is 10.1. The van der Waals surface area contributed by atoms with Crippen molar-refractivity contribution >= 4 is 12.0 Å². The molecule has 0 aliphatic carbocycles. The number of hydrogen-bond donors (Lipinski definition) is 1. The monoisotopic (exact) mass is 179 g/mol. The molecule has 0 atom stereocenters. The number of hydrogen-bond acceptors (Lipinski definition) is 3. The molecule has 0 saturated carbocycles. The third kappa shape index (κ3) is 3.37. The number of rotatable bonds is 3. The normalized spacial score (nSPS) is 11.5. The topological polar surface area (TPSA) is 63.3 Å². The summed E-state index contributed by atoms with van der Waals surface area (Å²) in [7, 11) is 0. The van der Waals surface area contributed by atoms with Crippen LogP contribution in [0.1, 0.15) is 11.5 Å². The summed E-state index contributed by atoms with van der Waals surface area (Å²) in [5.41, 5.74) is 0.674. The van der Waals surface area contributed by atoms with E-state index in [2.05, 4.69) is 5.16 Å². The second kappa shape index (κ2) is 4.25. The maximum absolute atomic E-state index is 10.1. The van der Waals surface area contributed by atoms with E-state index in [9.17, 15) is 4.79 Å². The van der Waals surface area contributed by atoms with Crippen molar-refractivity contribution in [2.24, 2.45) is 0 Å². The molecule has 0 unspecified atom stereocenters. The highest BCUT2D eigenvalue weighted by Gasteiger charge is 1.92. The van der Waals surface area contributed by atoms with Gasteiger partial charge in [0.15, 0.2) is 0 Å². The molecule has 4 nitrogen and oxygen atoms in total. The Balaban J connectivity index is 2.54. The van der Waals surface area contributed by atoms with Crippen LogP contribution in [0.15, 0.2) is 28.8 Å². The van der Waals surface area contributed by atoms with Gasteiger partial charge in [0.2, 0.25) is 0 Å². The SMILES string of the molecule is Cc1cc(C=CC=CC(=O)O)no1. The lowest BCUT2D eigenvalue weighted by molar-refractivity contribution is -0.131. The van der Waals surface area contributed by atoms with Crippen LogP contribution in [-0.4, -0.2) is 16.2 Å². The zero-order valence-electron chi connectivity index (χ0n) is 7.10. The Hall–Kier alpha value is -1.84. The lowest BCUT2D eigenvalue weighted by Crippen LogP contribution is -1.84. The summed E-state index contributed by atoms with van der Waals surface area (Å²) in [6.45, 7) is 1.79. The van der Waals surface area contributed by atoms with Crippen LogP contribution < -0.4 is 0 Å². The van der Waals surface area contributed by atoms with Gasteiger partial charge >= 0.3 is 5.97 Å². The van der Waals surface area contributed by atoms with Crippen molar-refractivity contribution in [3.63, 3.8) is 0 Å². The van der Waals surface area contributed by atoms with Crippen LogP contribution >= 0.6 is 0 Å². The molecule has 1 rings (SSSR count). The maximum Gasteiger partial charge on any atom is 0.328 e. The zero-order valence-corrected chi connectivity index (χ0v) is 7.10. The molecule has 0 saturated heterocycles. The molecule has 0 bridgehead atoms. The van der Waals surface area contributed by atoms with Gasteiger partial charge < -0.3 is 9.63 Å². The molecule has 1 N–H and O–H groups in total. The van der Waals surface area contributed by atoms with Gasteiger partial charge in [0, 0.05) is 12.1 Å². The van der Waals surface area contributed by atoms with Gasteiger partial charge in [-0.05, 0) is 13.0 Å². The second-order valence-electron chi connectivity index (χ2n) is 2.42. The average Bonchev–Trinajstić information content (AvgIpc) is 2.45. The number of aryl methyl sites for hydroxylation is 1. The van der Waals surface area contributed by atoms with Gasteiger partial charge in [0.25, 0.3) is 0 Å². The quantitative estimate of drug-likeness (QED) is 0.565. The number of nitrogens with zero attached hydrogens (tertiary/aromatic N) is 1. The first-order valence-corrected chi connectivity index (χ1v) is 3.69. The fraction of sp³-hybridized carbons (Fsp3) is 0.111. The predicted molar refractivity (Wildman–Crippen MR) is 47.0 cm³/mol. The van der Waals surface area contributed by atoms with Crippen molar-refractivity contribution < 1.29 is 14.4 Å². The highest BCUT2D eigenvalue weighted by Crippen LogP contribution is 2.02. The van der Waals surface area contributed by atoms with Gasteiger partial charge in [-0.15, -0.1) is 0 Å². The van der Waals surface area contributed by atoms with E-state index in [1.165, 1.54) is 6.08 Å². The van der Waals surface area contributed by atoms with E-state index in [1.807, 2.05) is 0 Å². The molecule has 1 aromatic rings. The number of aromatic nitrogens is 1. The number of carboxylic acids is 1. The Kier molecular flexibility index (Phi) is 3.03. The maximum atomic E-state index is 10.1. The largest absolute Gasteiger partial charge is 0.478 e. The highest BCUT2D eigenvalue weighted by atomic mass is 16.5. The lowest BCUT2D eigenvalue weighted by Gasteiger charge is -1.76. The van der Waals surface area contributed by atoms with Crippen molar-refractivity contribution in [2.45, 2.75) is 6.92 Å². The van der Waals surface area contributed by atoms with E-state index in [0.717, 1.165) is 11.8 Å². The molecule has 0 radical (unpaired) electrons. The second-order valence-corrected chi connectivity index (χ2v) is 2.42. The summed E-state index contributed by atoms with van der Waals surface area (Å²) < 4.78 is 4.80. The summed E-state index contributed by atoms with van der Waals surface area (Å²) in [6, 6.07) is 1.76. The Bertz CT molecular complexity index is 349. The molecule has 0 aromatic carbocycles. The van der Waals surface area contributed by atoms with Crippen molar-refractivity contribution in [1.29, 1.82) is 0 Å². The molecular formula is C9H9NO3. The Morgan fingerprint density at radius 1 is 1.62 bits per heavy atom. The predicted octanol–water partition coefficient (Wildman–Crippen LogP) is 1.64. The minimum Gasteiger partial charge on any atom is -0.478 e. The molecule has 0 spiro atoms. The van der Waals surface area contributed by atoms with E-state index in [1.54, 1.807) is 25.1 Å². The first kappa shape index (κ1) is 9.25. The molecule has 1 heterocycles. The van der Waals surface area contributed by atoms with Gasteiger partial charge in [-0.2, -0.15) is 0 Å². The fourth-order valence-corrected chi connectivity index (χ4v) is 0.756. The number of aliphatic carboxylic acids is 1. The van der Waals surface area contributed by atoms with Crippen LogP contribution in [0.4, 0.5) is 0 Å². The molecule has 1 aromatic heterocycles. The van der Waals surface area contributed by atoms with Crippen LogP contribution in [0.3, 0.4) is 0 Å². The van der Waals surface area contributed by atoms with E-state index in [0.29, 0.717) is 5.69 Å². The molecule has 0 aliphatic rings. The van der Waals surface area contributed by atoms with E-state index < -0.39 is 5.97 Å². The van der Waals surface area contributed by atoms with Crippen molar-refractivity contribution in [2.75, 3.05) is 0 Å². The van der Waals surface area contributed by atoms with Gasteiger partial charge in [-0.1, -0.05) is 17.3 Å². The molecule has 68 valence electrons. The Labute approximate surface area is 75.2 Å². The molecule has 0 amide bonds. The van der Waals surface area contributed by atoms with E-state index >= 15 is 0 Å². The lowest BCUT2D eigenvalue weighted by atomic mass is 10.3. The summed E-state index contributed by atoms with van der Waals surface area (Å²) in [6.07, 6.45) is 5.72. The molecule has 13 heavy (non-hydrogen) atoms. The average molecular weight is 179 g/mol. The molecule has 0 aliphatic heterocycles. The van der Waals surface area contributed by atoms with Crippen LogP contribution in [0.2, 0.25) is 0 Å². The van der Waals surface area contributed by atoms with Gasteiger partial charge in [0.05, 0.1) is 0 Å². The summed E-state index contributed by atoms with van der Waals surface area (Å²) >= 11 is 0. The van der Waals surface area contributed by atoms with Crippen LogP contribution in [0, 0.1) is 6.92 Å². The van der Waals surface area contributed by atoms with Gasteiger partial charge in [0.1, 0.15) is 11.5 Å². The number of carbonyl (C=O) groups is 1. The van der Waals surface area contributed by atoms with Crippen LogP contribution in [0.5, 0.6) is 0 Å². The van der Waals surface area contributed by atoms with E-state index in [4.69, 9.17) is 9.63 Å². The number of allylic oxidation sites excluding steroid dienone is 2. The number of carboxylic acid groups (broad SMARTS) is 1. The fourth-order valence-electron chi connectivity index (χ4n) is 0.756. The van der Waals surface area contributed by atoms with Crippen molar-refractivity contribution in [3.05, 3.63) is 35.7 Å². The zero-order chi connectivity index (χ0) is 9.68. The Morgan fingerprint density at radius 3 is 2.92 bits per heavy atom. The third-order valence-corrected chi connectivity index (χ3v) is 1.26. The Morgan fingerprint density at radius 2 is 2.38 bits per heavy atom. The van der Waals surface area contributed by atoms with E-state index in [-0.39, 0.29) is 0 Å².